The first kappa shape index (κ1) is 16.7. The fourth-order valence-electron chi connectivity index (χ4n) is 3.07. The third-order valence-corrected chi connectivity index (χ3v) is 4.50. The number of rotatable bonds is 6. The Morgan fingerprint density at radius 2 is 2.14 bits per heavy atom. The van der Waals surface area contributed by atoms with Crippen LogP contribution in [0.1, 0.15) is 25.3 Å². The Bertz CT molecular complexity index is 458. The predicted octanol–water partition coefficient (Wildman–Crippen LogP) is 3.20. The first-order valence-electron chi connectivity index (χ1n) is 7.45. The van der Waals surface area contributed by atoms with E-state index in [9.17, 15) is 4.39 Å². The normalized spacial score (nSPS) is 19.4. The number of ether oxygens (including phenoxy) is 2. The van der Waals surface area contributed by atoms with Crippen LogP contribution in [0.15, 0.2) is 18.2 Å². The lowest BCUT2D eigenvalue weighted by atomic mass is 9.82. The van der Waals surface area contributed by atoms with E-state index in [0.29, 0.717) is 31.8 Å². The monoisotopic (exact) mass is 315 g/mol. The van der Waals surface area contributed by atoms with Crippen LogP contribution in [0.4, 0.5) is 4.39 Å². The highest BCUT2D eigenvalue weighted by Crippen LogP contribution is 2.31. The summed E-state index contributed by atoms with van der Waals surface area (Å²) in [4.78, 5) is 0. The molecule has 1 aliphatic rings. The molecule has 0 saturated carbocycles. The number of nitrogens with one attached hydrogen (secondary N) is 1. The second kappa shape index (κ2) is 7.54. The molecule has 0 amide bonds. The van der Waals surface area contributed by atoms with Crippen molar-refractivity contribution in [1.29, 1.82) is 0 Å². The van der Waals surface area contributed by atoms with E-state index < -0.39 is 0 Å². The molecule has 118 valence electrons. The summed E-state index contributed by atoms with van der Waals surface area (Å²) >= 11 is 5.88. The zero-order chi connectivity index (χ0) is 15.3. The maximum atomic E-state index is 14.2. The quantitative estimate of drug-likeness (QED) is 0.874. The first-order chi connectivity index (χ1) is 10.1. The van der Waals surface area contributed by atoms with Crippen molar-refractivity contribution >= 4 is 11.6 Å². The molecular formula is C16H23ClFNO2. The van der Waals surface area contributed by atoms with E-state index in [-0.39, 0.29) is 22.5 Å². The lowest BCUT2D eigenvalue weighted by molar-refractivity contribution is -0.125. The fraction of sp³-hybridized carbons (Fsp3) is 0.625. The molecule has 3 nitrogen and oxygen atoms in total. The lowest BCUT2D eigenvalue weighted by Gasteiger charge is -2.43. The van der Waals surface area contributed by atoms with Gasteiger partial charge in [0.2, 0.25) is 0 Å². The van der Waals surface area contributed by atoms with Crippen LogP contribution in [0.2, 0.25) is 5.02 Å². The van der Waals surface area contributed by atoms with E-state index in [4.69, 9.17) is 21.1 Å². The summed E-state index contributed by atoms with van der Waals surface area (Å²) in [6.07, 6.45) is 2.17. The van der Waals surface area contributed by atoms with Gasteiger partial charge in [0.25, 0.3) is 0 Å². The molecule has 1 atom stereocenters. The lowest BCUT2D eigenvalue weighted by Crippen LogP contribution is -2.55. The van der Waals surface area contributed by atoms with Crippen molar-refractivity contribution in [3.8, 4) is 0 Å². The highest BCUT2D eigenvalue weighted by molar-refractivity contribution is 6.30. The molecule has 21 heavy (non-hydrogen) atoms. The van der Waals surface area contributed by atoms with Crippen LogP contribution in [0.25, 0.3) is 0 Å². The van der Waals surface area contributed by atoms with Crippen molar-refractivity contribution in [2.24, 2.45) is 0 Å². The van der Waals surface area contributed by atoms with Crippen molar-refractivity contribution in [2.45, 2.75) is 37.8 Å². The Morgan fingerprint density at radius 3 is 2.76 bits per heavy atom. The van der Waals surface area contributed by atoms with Crippen molar-refractivity contribution < 1.29 is 13.9 Å². The standard InChI is InChI=1S/C16H23ClFNO2/c1-3-21-16(7-9-20-10-8-16)14(19-2)11-12-5-4-6-13(17)15(12)18/h4-6,14,19H,3,7-11H2,1-2H3. The molecule has 2 rings (SSSR count). The molecule has 1 aliphatic heterocycles. The van der Waals surface area contributed by atoms with Gasteiger partial charge in [-0.25, -0.2) is 4.39 Å². The summed E-state index contributed by atoms with van der Waals surface area (Å²) in [5.41, 5.74) is 0.309. The Hall–Kier alpha value is -0.680. The average Bonchev–Trinajstić information content (AvgIpc) is 2.50. The van der Waals surface area contributed by atoms with Crippen LogP contribution < -0.4 is 5.32 Å². The van der Waals surface area contributed by atoms with Crippen LogP contribution in [0.3, 0.4) is 0 Å². The minimum Gasteiger partial charge on any atom is -0.381 e. The Kier molecular flexibility index (Phi) is 5.99. The van der Waals surface area contributed by atoms with Gasteiger partial charge in [-0.05, 0) is 32.0 Å². The van der Waals surface area contributed by atoms with Gasteiger partial charge >= 0.3 is 0 Å². The number of hydrogen-bond donors (Lipinski definition) is 1. The third kappa shape index (κ3) is 3.75. The largest absolute Gasteiger partial charge is 0.381 e. The fourth-order valence-corrected chi connectivity index (χ4v) is 3.27. The van der Waals surface area contributed by atoms with Gasteiger partial charge in [0.1, 0.15) is 5.82 Å². The molecule has 1 saturated heterocycles. The molecule has 0 radical (unpaired) electrons. The molecule has 0 bridgehead atoms. The van der Waals surface area contributed by atoms with Gasteiger partial charge in [-0.15, -0.1) is 0 Å². The van der Waals surface area contributed by atoms with Crippen LogP contribution in [0, 0.1) is 5.82 Å². The molecule has 1 fully saturated rings. The van der Waals surface area contributed by atoms with Crippen LogP contribution in [0.5, 0.6) is 0 Å². The summed E-state index contributed by atoms with van der Waals surface area (Å²) in [5, 5.41) is 3.47. The predicted molar refractivity (Wildman–Crippen MR) is 82.4 cm³/mol. The van der Waals surface area contributed by atoms with Crippen molar-refractivity contribution in [1.82, 2.24) is 5.32 Å². The molecular weight excluding hydrogens is 293 g/mol. The number of benzene rings is 1. The third-order valence-electron chi connectivity index (χ3n) is 4.21. The van der Waals surface area contributed by atoms with Crippen LogP contribution in [-0.2, 0) is 15.9 Å². The van der Waals surface area contributed by atoms with E-state index in [0.717, 1.165) is 12.8 Å². The number of halogens is 2. The maximum absolute atomic E-state index is 14.2. The van der Waals surface area contributed by atoms with Gasteiger partial charge in [-0.1, -0.05) is 23.7 Å². The molecule has 0 aromatic heterocycles. The summed E-state index contributed by atoms with van der Waals surface area (Å²) < 4.78 is 25.7. The average molecular weight is 316 g/mol. The van der Waals surface area contributed by atoms with Gasteiger partial charge in [-0.3, -0.25) is 0 Å². The van der Waals surface area contributed by atoms with Gasteiger partial charge in [0.05, 0.1) is 10.6 Å². The van der Waals surface area contributed by atoms with Gasteiger partial charge in [0.15, 0.2) is 0 Å². The van der Waals surface area contributed by atoms with Crippen LogP contribution >= 0.6 is 11.6 Å². The SMILES string of the molecule is CCOC1(C(Cc2cccc(Cl)c2F)NC)CCOCC1. The Morgan fingerprint density at radius 1 is 1.43 bits per heavy atom. The second-order valence-corrected chi connectivity index (χ2v) is 5.78. The van der Waals surface area contributed by atoms with Gasteiger partial charge in [-0.2, -0.15) is 0 Å². The summed E-state index contributed by atoms with van der Waals surface area (Å²) in [7, 11) is 1.89. The summed E-state index contributed by atoms with van der Waals surface area (Å²) in [5.74, 6) is -0.335. The van der Waals surface area contributed by atoms with E-state index in [2.05, 4.69) is 5.32 Å². The molecule has 1 N–H and O–H groups in total. The molecule has 1 unspecified atom stereocenters. The van der Waals surface area contributed by atoms with Crippen LogP contribution in [-0.4, -0.2) is 38.5 Å². The molecule has 5 heteroatoms. The maximum Gasteiger partial charge on any atom is 0.145 e. The number of likely N-dealkylation sites (N-methyl/N-ethyl adjacent to an activating group) is 1. The highest BCUT2D eigenvalue weighted by Gasteiger charge is 2.40. The molecule has 1 heterocycles. The topological polar surface area (TPSA) is 30.5 Å². The molecule has 1 aromatic carbocycles. The highest BCUT2D eigenvalue weighted by atomic mass is 35.5. The van der Waals surface area contributed by atoms with E-state index >= 15 is 0 Å². The summed E-state index contributed by atoms with van der Waals surface area (Å²) in [6, 6.07) is 5.16. The van der Waals surface area contributed by atoms with Gasteiger partial charge < -0.3 is 14.8 Å². The second-order valence-electron chi connectivity index (χ2n) is 5.37. The van der Waals surface area contributed by atoms with Crippen molar-refractivity contribution in [2.75, 3.05) is 26.9 Å². The first-order valence-corrected chi connectivity index (χ1v) is 7.82. The Labute approximate surface area is 130 Å². The van der Waals surface area contributed by atoms with E-state index in [1.165, 1.54) is 0 Å². The summed E-state index contributed by atoms with van der Waals surface area (Å²) in [6.45, 7) is 3.98. The smallest absolute Gasteiger partial charge is 0.145 e. The van der Waals surface area contributed by atoms with Crippen molar-refractivity contribution in [3.05, 3.63) is 34.6 Å². The molecule has 0 aliphatic carbocycles. The van der Waals surface area contributed by atoms with E-state index in [1.807, 2.05) is 14.0 Å². The van der Waals surface area contributed by atoms with E-state index in [1.54, 1.807) is 18.2 Å². The molecule has 0 spiro atoms. The minimum absolute atomic E-state index is 0.0225. The zero-order valence-corrected chi connectivity index (χ0v) is 13.4. The Balaban J connectivity index is 2.22. The zero-order valence-electron chi connectivity index (χ0n) is 12.6. The number of hydrogen-bond acceptors (Lipinski definition) is 3. The van der Waals surface area contributed by atoms with Crippen molar-refractivity contribution in [3.63, 3.8) is 0 Å². The molecule has 1 aromatic rings. The van der Waals surface area contributed by atoms with Gasteiger partial charge in [0, 0.05) is 38.7 Å². The minimum atomic E-state index is -0.335.